The van der Waals surface area contributed by atoms with Crippen LogP contribution in [0.2, 0.25) is 0 Å². The smallest absolute Gasteiger partial charge is 0.354 e. The number of nitrogens with two attached hydrogens (primary N) is 1. The third-order valence-electron chi connectivity index (χ3n) is 4.11. The average Bonchev–Trinajstić information content (AvgIpc) is 2.43. The molecular weight excluding hydrogens is 323 g/mol. The predicted molar refractivity (Wildman–Crippen MR) is 78.5 cm³/mol. The van der Waals surface area contributed by atoms with Crippen molar-refractivity contribution >= 4 is 24.2 Å². The Morgan fingerprint density at radius 1 is 1.32 bits per heavy atom. The lowest BCUT2D eigenvalue weighted by molar-refractivity contribution is -0.171. The van der Waals surface area contributed by atoms with Crippen molar-refractivity contribution in [3.8, 4) is 0 Å². The molecule has 0 bridgehead atoms. The number of carbonyl (C=O) groups is 2. The number of amides is 2. The van der Waals surface area contributed by atoms with Crippen LogP contribution in [0.25, 0.3) is 0 Å². The zero-order valence-electron chi connectivity index (χ0n) is 12.6. The molecule has 5 nitrogen and oxygen atoms in total. The van der Waals surface area contributed by atoms with Gasteiger partial charge in [-0.05, 0) is 25.7 Å². The van der Waals surface area contributed by atoms with Gasteiger partial charge in [0, 0.05) is 12.1 Å². The maximum atomic E-state index is 12.5. The van der Waals surface area contributed by atoms with Crippen molar-refractivity contribution < 1.29 is 22.8 Å². The van der Waals surface area contributed by atoms with E-state index in [-0.39, 0.29) is 31.8 Å². The Balaban J connectivity index is 0.00000441. The van der Waals surface area contributed by atoms with Crippen LogP contribution >= 0.6 is 12.4 Å². The van der Waals surface area contributed by atoms with Gasteiger partial charge in [0.05, 0.1) is 0 Å². The first-order chi connectivity index (χ1) is 9.63. The summed E-state index contributed by atoms with van der Waals surface area (Å²) in [5.74, 6) is -2.52. The highest BCUT2D eigenvalue weighted by Gasteiger charge is 2.45. The van der Waals surface area contributed by atoms with Gasteiger partial charge in [0.2, 0.25) is 11.8 Å². The van der Waals surface area contributed by atoms with Gasteiger partial charge in [-0.1, -0.05) is 13.8 Å². The van der Waals surface area contributed by atoms with Crippen molar-refractivity contribution in [3.05, 3.63) is 0 Å². The maximum Gasteiger partial charge on any atom is 0.408 e. The van der Waals surface area contributed by atoms with Crippen LogP contribution in [0.4, 0.5) is 13.2 Å². The number of rotatable bonds is 5. The maximum absolute atomic E-state index is 12.5. The Morgan fingerprint density at radius 2 is 1.86 bits per heavy atom. The number of hydrogen-bond acceptors (Lipinski definition) is 3. The van der Waals surface area contributed by atoms with Gasteiger partial charge in [0.1, 0.15) is 12.0 Å². The van der Waals surface area contributed by atoms with Crippen LogP contribution in [0.5, 0.6) is 0 Å². The Labute approximate surface area is 134 Å². The minimum Gasteiger partial charge on any atom is -0.354 e. The molecule has 0 aromatic carbocycles. The molecule has 130 valence electrons. The standard InChI is InChI=1S/C13H22F3N3O2.ClH/c1-3-12(17,4-2)7-18-10(20)8-5-6-9(13(14,15)16)19-11(8)21;/h8-9H,3-7,17H2,1-2H3,(H,18,20)(H,19,21);1H. The largest absolute Gasteiger partial charge is 0.408 e. The lowest BCUT2D eigenvalue weighted by atomic mass is 9.91. The summed E-state index contributed by atoms with van der Waals surface area (Å²) in [6, 6.07) is -1.87. The molecule has 0 aromatic heterocycles. The van der Waals surface area contributed by atoms with Gasteiger partial charge in [0.25, 0.3) is 0 Å². The minimum atomic E-state index is -4.48. The van der Waals surface area contributed by atoms with E-state index < -0.39 is 35.5 Å². The average molecular weight is 346 g/mol. The van der Waals surface area contributed by atoms with Crippen LogP contribution in [0.1, 0.15) is 39.5 Å². The summed E-state index contributed by atoms with van der Waals surface area (Å²) in [6.07, 6.45) is -3.58. The summed E-state index contributed by atoms with van der Waals surface area (Å²) in [6.45, 7) is 3.97. The third kappa shape index (κ3) is 5.31. The Hall–Kier alpha value is -1.02. The Morgan fingerprint density at radius 3 is 2.27 bits per heavy atom. The van der Waals surface area contributed by atoms with E-state index >= 15 is 0 Å². The molecule has 0 spiro atoms. The topological polar surface area (TPSA) is 84.2 Å². The van der Waals surface area contributed by atoms with Gasteiger partial charge in [-0.2, -0.15) is 13.2 Å². The highest BCUT2D eigenvalue weighted by Crippen LogP contribution is 2.28. The van der Waals surface area contributed by atoms with Crippen LogP contribution in [0.15, 0.2) is 0 Å². The quantitative estimate of drug-likeness (QED) is 0.660. The van der Waals surface area contributed by atoms with Gasteiger partial charge in [-0.25, -0.2) is 0 Å². The van der Waals surface area contributed by atoms with Gasteiger partial charge in [0.15, 0.2) is 0 Å². The first-order valence-corrected chi connectivity index (χ1v) is 7.06. The van der Waals surface area contributed by atoms with Crippen molar-refractivity contribution in [1.29, 1.82) is 0 Å². The van der Waals surface area contributed by atoms with Gasteiger partial charge in [-0.3, -0.25) is 9.59 Å². The fourth-order valence-corrected chi connectivity index (χ4v) is 2.19. The number of alkyl halides is 3. The Kier molecular flexibility index (Phi) is 7.64. The van der Waals surface area contributed by atoms with Crippen LogP contribution in [0, 0.1) is 5.92 Å². The summed E-state index contributed by atoms with van der Waals surface area (Å²) in [5, 5.41) is 4.43. The van der Waals surface area contributed by atoms with Crippen molar-refractivity contribution in [2.24, 2.45) is 11.7 Å². The van der Waals surface area contributed by atoms with E-state index in [2.05, 4.69) is 5.32 Å². The Bertz CT molecular complexity index is 400. The number of carbonyl (C=O) groups excluding carboxylic acids is 2. The van der Waals surface area contributed by atoms with Crippen molar-refractivity contribution in [2.75, 3.05) is 6.54 Å². The molecule has 0 radical (unpaired) electrons. The third-order valence-corrected chi connectivity index (χ3v) is 4.11. The predicted octanol–water partition coefficient (Wildman–Crippen LogP) is 1.50. The highest BCUT2D eigenvalue weighted by molar-refractivity contribution is 6.00. The molecule has 1 aliphatic rings. The lowest BCUT2D eigenvalue weighted by Crippen LogP contribution is -2.56. The molecule has 1 heterocycles. The molecule has 9 heteroatoms. The SMILES string of the molecule is CCC(N)(CC)CNC(=O)C1CCC(C(F)(F)F)NC1=O.Cl. The summed E-state index contributed by atoms with van der Waals surface area (Å²) in [7, 11) is 0. The van der Waals surface area contributed by atoms with Gasteiger partial charge in [-0.15, -0.1) is 12.4 Å². The van der Waals surface area contributed by atoms with E-state index in [0.717, 1.165) is 0 Å². The van der Waals surface area contributed by atoms with E-state index in [1.54, 1.807) is 0 Å². The second kappa shape index (κ2) is 8.01. The van der Waals surface area contributed by atoms with Crippen molar-refractivity contribution in [2.45, 2.75) is 57.3 Å². The summed E-state index contributed by atoms with van der Waals surface area (Å²) >= 11 is 0. The van der Waals surface area contributed by atoms with Gasteiger partial charge < -0.3 is 16.4 Å². The molecular formula is C13H23ClF3N3O2. The molecule has 1 saturated heterocycles. The second-order valence-corrected chi connectivity index (χ2v) is 5.52. The van der Waals surface area contributed by atoms with Gasteiger partial charge >= 0.3 is 6.18 Å². The zero-order chi connectivity index (χ0) is 16.3. The van der Waals surface area contributed by atoms with Crippen molar-refractivity contribution in [1.82, 2.24) is 10.6 Å². The zero-order valence-corrected chi connectivity index (χ0v) is 13.4. The van der Waals surface area contributed by atoms with E-state index in [1.165, 1.54) is 0 Å². The fraction of sp³-hybridized carbons (Fsp3) is 0.846. The molecule has 0 saturated carbocycles. The fourth-order valence-electron chi connectivity index (χ4n) is 2.19. The molecule has 1 rings (SSSR count). The first-order valence-electron chi connectivity index (χ1n) is 7.06. The van der Waals surface area contributed by atoms with Crippen LogP contribution in [0.3, 0.4) is 0 Å². The van der Waals surface area contributed by atoms with E-state index in [0.29, 0.717) is 12.8 Å². The number of piperidine rings is 1. The molecule has 22 heavy (non-hydrogen) atoms. The molecule has 1 aliphatic heterocycles. The first kappa shape index (κ1) is 21.0. The minimum absolute atomic E-state index is 0. The molecule has 1 fully saturated rings. The highest BCUT2D eigenvalue weighted by atomic mass is 35.5. The molecule has 2 atom stereocenters. The van der Waals surface area contributed by atoms with E-state index in [1.807, 2.05) is 19.2 Å². The summed E-state index contributed by atoms with van der Waals surface area (Å²) < 4.78 is 37.5. The van der Waals surface area contributed by atoms with Crippen molar-refractivity contribution in [3.63, 3.8) is 0 Å². The second-order valence-electron chi connectivity index (χ2n) is 5.52. The number of hydrogen-bond donors (Lipinski definition) is 3. The summed E-state index contributed by atoms with van der Waals surface area (Å²) in [5.41, 5.74) is 5.46. The van der Waals surface area contributed by atoms with E-state index in [4.69, 9.17) is 5.73 Å². The van der Waals surface area contributed by atoms with Crippen LogP contribution in [-0.2, 0) is 9.59 Å². The lowest BCUT2D eigenvalue weighted by Gasteiger charge is -2.31. The summed E-state index contributed by atoms with van der Waals surface area (Å²) in [4.78, 5) is 23.6. The van der Waals surface area contributed by atoms with E-state index in [9.17, 15) is 22.8 Å². The monoisotopic (exact) mass is 345 g/mol. The molecule has 2 amide bonds. The molecule has 0 aliphatic carbocycles. The number of halogens is 4. The normalized spacial score (nSPS) is 22.5. The van der Waals surface area contributed by atoms with Crippen LogP contribution in [-0.4, -0.2) is 36.1 Å². The molecule has 0 aromatic rings. The molecule has 4 N–H and O–H groups in total. The number of nitrogens with one attached hydrogen (secondary N) is 2. The van der Waals surface area contributed by atoms with Crippen LogP contribution < -0.4 is 16.4 Å². The molecule has 2 unspecified atom stereocenters.